The molecule has 0 aliphatic carbocycles. The number of carbonyl (C=O) groups excluding carboxylic acids is 2. The van der Waals surface area contributed by atoms with Gasteiger partial charge < -0.3 is 4.74 Å². The molecule has 1 aromatic carbocycles. The van der Waals surface area contributed by atoms with E-state index in [1.54, 1.807) is 6.92 Å². The molecular formula is C12H12N2O6S. The minimum atomic E-state index is -4.30. The highest BCUT2D eigenvalue weighted by Gasteiger charge is 2.30. The van der Waals surface area contributed by atoms with Crippen molar-refractivity contribution in [2.24, 2.45) is 5.10 Å². The van der Waals surface area contributed by atoms with Crippen LogP contribution in [0.3, 0.4) is 0 Å². The molecule has 0 fully saturated rings. The van der Waals surface area contributed by atoms with E-state index < -0.39 is 22.0 Å². The van der Waals surface area contributed by atoms with Gasteiger partial charge in [0.2, 0.25) is 0 Å². The van der Waals surface area contributed by atoms with E-state index in [2.05, 4.69) is 5.10 Å². The number of anilines is 1. The van der Waals surface area contributed by atoms with E-state index in [-0.39, 0.29) is 29.3 Å². The summed E-state index contributed by atoms with van der Waals surface area (Å²) in [5.41, 5.74) is 0.271. The molecule has 1 heterocycles. The highest BCUT2D eigenvalue weighted by Crippen LogP contribution is 2.22. The number of amides is 1. The maximum Gasteiger partial charge on any atom is 0.355 e. The van der Waals surface area contributed by atoms with E-state index >= 15 is 0 Å². The van der Waals surface area contributed by atoms with Crippen molar-refractivity contribution >= 4 is 33.4 Å². The summed E-state index contributed by atoms with van der Waals surface area (Å²) < 4.78 is 35.5. The number of hydrogen-bond acceptors (Lipinski definition) is 6. The highest BCUT2D eigenvalue weighted by molar-refractivity contribution is 7.85. The van der Waals surface area contributed by atoms with E-state index in [0.717, 1.165) is 17.1 Å². The van der Waals surface area contributed by atoms with Crippen molar-refractivity contribution in [2.75, 3.05) is 11.6 Å². The summed E-state index contributed by atoms with van der Waals surface area (Å²) in [6.45, 7) is 1.82. The van der Waals surface area contributed by atoms with Crippen LogP contribution in [-0.4, -0.2) is 37.2 Å². The zero-order valence-corrected chi connectivity index (χ0v) is 11.8. The topological polar surface area (TPSA) is 113 Å². The Balaban J connectivity index is 2.26. The molecule has 0 unspecified atom stereocenters. The van der Waals surface area contributed by atoms with E-state index in [1.807, 2.05) is 0 Å². The second kappa shape index (κ2) is 5.62. The van der Waals surface area contributed by atoms with Crippen molar-refractivity contribution in [1.29, 1.82) is 0 Å². The SMILES string of the molecule is CCOC(=O)C1=NN(c2ccc(S(=O)(=O)O)cc2)C(=O)C1. The lowest BCUT2D eigenvalue weighted by Crippen LogP contribution is -2.19. The van der Waals surface area contributed by atoms with E-state index in [4.69, 9.17) is 9.29 Å². The number of esters is 1. The molecule has 21 heavy (non-hydrogen) atoms. The van der Waals surface area contributed by atoms with Crippen molar-refractivity contribution in [3.05, 3.63) is 24.3 Å². The standard InChI is InChI=1S/C12H12N2O6S/c1-2-20-12(16)10-7-11(15)14(13-10)8-3-5-9(6-4-8)21(17,18)19/h3-6H,2,7H2,1H3,(H,17,18,19). The molecule has 0 radical (unpaired) electrons. The van der Waals surface area contributed by atoms with Crippen LogP contribution in [-0.2, 0) is 24.4 Å². The van der Waals surface area contributed by atoms with Crippen LogP contribution >= 0.6 is 0 Å². The summed E-state index contributed by atoms with van der Waals surface area (Å²) in [6.07, 6.45) is -0.182. The molecule has 8 nitrogen and oxygen atoms in total. The van der Waals surface area contributed by atoms with Crippen molar-refractivity contribution < 1.29 is 27.3 Å². The van der Waals surface area contributed by atoms with Gasteiger partial charge in [-0.05, 0) is 31.2 Å². The van der Waals surface area contributed by atoms with Crippen LogP contribution in [0.5, 0.6) is 0 Å². The van der Waals surface area contributed by atoms with Crippen LogP contribution in [0.4, 0.5) is 5.69 Å². The fraction of sp³-hybridized carbons (Fsp3) is 0.250. The van der Waals surface area contributed by atoms with Gasteiger partial charge in [-0.25, -0.2) is 4.79 Å². The van der Waals surface area contributed by atoms with Gasteiger partial charge in [0.15, 0.2) is 5.71 Å². The van der Waals surface area contributed by atoms with Gasteiger partial charge in [-0.3, -0.25) is 9.35 Å². The van der Waals surface area contributed by atoms with Crippen molar-refractivity contribution in [3.63, 3.8) is 0 Å². The number of ether oxygens (including phenoxy) is 1. The monoisotopic (exact) mass is 312 g/mol. The average molecular weight is 312 g/mol. The average Bonchev–Trinajstić information content (AvgIpc) is 2.80. The minimum Gasteiger partial charge on any atom is -0.461 e. The number of hydrazone groups is 1. The Hall–Kier alpha value is -2.26. The van der Waals surface area contributed by atoms with Crippen LogP contribution in [0.2, 0.25) is 0 Å². The van der Waals surface area contributed by atoms with Crippen LogP contribution in [0.25, 0.3) is 0 Å². The predicted molar refractivity (Wildman–Crippen MR) is 72.4 cm³/mol. The van der Waals surface area contributed by atoms with Crippen LogP contribution in [0.1, 0.15) is 13.3 Å². The molecule has 1 amide bonds. The second-order valence-corrected chi connectivity index (χ2v) is 5.54. The summed E-state index contributed by atoms with van der Waals surface area (Å²) in [7, 11) is -4.30. The van der Waals surface area contributed by atoms with Crippen molar-refractivity contribution in [1.82, 2.24) is 0 Å². The first kappa shape index (κ1) is 15.1. The van der Waals surface area contributed by atoms with Gasteiger partial charge in [0, 0.05) is 0 Å². The lowest BCUT2D eigenvalue weighted by molar-refractivity contribution is -0.135. The molecule has 112 valence electrons. The molecule has 2 rings (SSSR count). The Morgan fingerprint density at radius 3 is 2.52 bits per heavy atom. The molecule has 1 N–H and O–H groups in total. The lowest BCUT2D eigenvalue weighted by Gasteiger charge is -2.11. The summed E-state index contributed by atoms with van der Waals surface area (Å²) in [5.74, 6) is -1.10. The maximum absolute atomic E-state index is 11.8. The van der Waals surface area contributed by atoms with Gasteiger partial charge in [0.25, 0.3) is 16.0 Å². The van der Waals surface area contributed by atoms with Gasteiger partial charge in [-0.2, -0.15) is 18.5 Å². The first-order valence-corrected chi connectivity index (χ1v) is 7.42. The van der Waals surface area contributed by atoms with Gasteiger partial charge in [0.05, 0.1) is 23.6 Å². The van der Waals surface area contributed by atoms with Gasteiger partial charge >= 0.3 is 5.97 Å². The Labute approximate surface area is 120 Å². The molecule has 0 bridgehead atoms. The lowest BCUT2D eigenvalue weighted by atomic mass is 10.2. The molecular weight excluding hydrogens is 300 g/mol. The number of hydrogen-bond donors (Lipinski definition) is 1. The third-order valence-electron chi connectivity index (χ3n) is 2.67. The molecule has 1 aliphatic rings. The smallest absolute Gasteiger partial charge is 0.355 e. The fourth-order valence-electron chi connectivity index (χ4n) is 1.72. The maximum atomic E-state index is 11.8. The Morgan fingerprint density at radius 2 is 2.00 bits per heavy atom. The van der Waals surface area contributed by atoms with E-state index in [9.17, 15) is 18.0 Å². The summed E-state index contributed by atoms with van der Waals surface area (Å²) in [4.78, 5) is 23.0. The van der Waals surface area contributed by atoms with E-state index in [1.165, 1.54) is 12.1 Å². The fourth-order valence-corrected chi connectivity index (χ4v) is 2.20. The quantitative estimate of drug-likeness (QED) is 0.643. The minimum absolute atomic E-state index is 0.0132. The summed E-state index contributed by atoms with van der Waals surface area (Å²) in [5, 5.41) is 4.85. The highest BCUT2D eigenvalue weighted by atomic mass is 32.2. The molecule has 1 aliphatic heterocycles. The van der Waals surface area contributed by atoms with Gasteiger partial charge in [0.1, 0.15) is 0 Å². The Bertz CT molecular complexity index is 708. The number of nitrogens with zero attached hydrogens (tertiary/aromatic N) is 2. The zero-order valence-electron chi connectivity index (χ0n) is 11.0. The Kier molecular flexibility index (Phi) is 4.05. The largest absolute Gasteiger partial charge is 0.461 e. The summed E-state index contributed by atoms with van der Waals surface area (Å²) >= 11 is 0. The predicted octanol–water partition coefficient (Wildman–Crippen LogP) is 0.589. The first-order chi connectivity index (χ1) is 9.82. The molecule has 0 saturated heterocycles. The molecule has 0 saturated carbocycles. The van der Waals surface area contributed by atoms with Gasteiger partial charge in [-0.15, -0.1) is 0 Å². The van der Waals surface area contributed by atoms with Crippen molar-refractivity contribution in [3.8, 4) is 0 Å². The molecule has 0 spiro atoms. The van der Waals surface area contributed by atoms with E-state index in [0.29, 0.717) is 0 Å². The van der Waals surface area contributed by atoms with Crippen LogP contribution in [0.15, 0.2) is 34.3 Å². The third-order valence-corrected chi connectivity index (χ3v) is 3.53. The molecule has 0 atom stereocenters. The zero-order chi connectivity index (χ0) is 15.6. The number of benzene rings is 1. The summed E-state index contributed by atoms with van der Waals surface area (Å²) in [6, 6.07) is 4.88. The van der Waals surface area contributed by atoms with Crippen molar-refractivity contribution in [2.45, 2.75) is 18.2 Å². The number of rotatable bonds is 4. The normalized spacial score (nSPS) is 15.0. The Morgan fingerprint density at radius 1 is 1.38 bits per heavy atom. The van der Waals surface area contributed by atoms with Gasteiger partial charge in [-0.1, -0.05) is 0 Å². The molecule has 0 aromatic heterocycles. The van der Waals surface area contributed by atoms with Crippen LogP contribution in [0, 0.1) is 0 Å². The molecule has 9 heteroatoms. The van der Waals surface area contributed by atoms with Crippen LogP contribution < -0.4 is 5.01 Å². The first-order valence-electron chi connectivity index (χ1n) is 5.98. The molecule has 1 aromatic rings. The number of carbonyl (C=O) groups is 2. The third kappa shape index (κ3) is 3.26. The second-order valence-electron chi connectivity index (χ2n) is 4.12.